The molecule has 2 aromatic carbocycles. The fraction of sp³-hybridized carbons (Fsp3) is 0.143. The third kappa shape index (κ3) is 4.50. The molecule has 0 atom stereocenters. The standard InChI is InChI=1S/C14H11BrF2O3S/c1-21(18,19)8-9-2-4-13(11(15)6-9)20-14-5-3-10(16)7-12(14)17/h2-7H,8H2,1H3. The molecular weight excluding hydrogens is 366 g/mol. The topological polar surface area (TPSA) is 43.4 Å². The number of halogens is 3. The minimum Gasteiger partial charge on any atom is -0.453 e. The van der Waals surface area contributed by atoms with Gasteiger partial charge in [0, 0.05) is 12.3 Å². The van der Waals surface area contributed by atoms with Crippen LogP contribution in [0.3, 0.4) is 0 Å². The van der Waals surface area contributed by atoms with E-state index in [0.29, 0.717) is 15.8 Å². The zero-order chi connectivity index (χ0) is 15.6. The maximum absolute atomic E-state index is 13.5. The first-order valence-electron chi connectivity index (χ1n) is 5.84. The van der Waals surface area contributed by atoms with Crippen LogP contribution in [0.1, 0.15) is 5.56 Å². The van der Waals surface area contributed by atoms with Crippen molar-refractivity contribution in [3.05, 3.63) is 58.1 Å². The molecular formula is C14H11BrF2O3S. The average molecular weight is 377 g/mol. The first-order chi connectivity index (χ1) is 9.74. The van der Waals surface area contributed by atoms with Gasteiger partial charge in [-0.1, -0.05) is 6.07 Å². The monoisotopic (exact) mass is 376 g/mol. The summed E-state index contributed by atoms with van der Waals surface area (Å²) in [6, 6.07) is 7.67. The van der Waals surface area contributed by atoms with Crippen LogP contribution < -0.4 is 4.74 Å². The van der Waals surface area contributed by atoms with E-state index in [1.165, 1.54) is 12.1 Å². The zero-order valence-corrected chi connectivity index (χ0v) is 13.3. The molecule has 0 bridgehead atoms. The van der Waals surface area contributed by atoms with Gasteiger partial charge in [0.1, 0.15) is 11.6 Å². The Kier molecular flexibility index (Phi) is 4.63. The summed E-state index contributed by atoms with van der Waals surface area (Å²) >= 11 is 3.23. The molecule has 0 unspecified atom stereocenters. The van der Waals surface area contributed by atoms with Gasteiger partial charge in [-0.25, -0.2) is 17.2 Å². The molecule has 3 nitrogen and oxygen atoms in total. The van der Waals surface area contributed by atoms with E-state index < -0.39 is 21.5 Å². The van der Waals surface area contributed by atoms with Crippen molar-refractivity contribution in [1.29, 1.82) is 0 Å². The largest absolute Gasteiger partial charge is 0.453 e. The summed E-state index contributed by atoms with van der Waals surface area (Å²) in [7, 11) is -3.14. The summed E-state index contributed by atoms with van der Waals surface area (Å²) in [6.45, 7) is 0. The smallest absolute Gasteiger partial charge is 0.168 e. The number of ether oxygens (including phenoxy) is 1. The SMILES string of the molecule is CS(=O)(=O)Cc1ccc(Oc2ccc(F)cc2F)c(Br)c1. The lowest BCUT2D eigenvalue weighted by molar-refractivity contribution is 0.435. The van der Waals surface area contributed by atoms with Gasteiger partial charge in [0.15, 0.2) is 21.4 Å². The highest BCUT2D eigenvalue weighted by Gasteiger charge is 2.11. The zero-order valence-electron chi connectivity index (χ0n) is 10.9. The van der Waals surface area contributed by atoms with E-state index in [1.807, 2.05) is 0 Å². The average Bonchev–Trinajstić information content (AvgIpc) is 2.33. The molecule has 0 fully saturated rings. The summed E-state index contributed by atoms with van der Waals surface area (Å²) in [5.41, 5.74) is 0.580. The molecule has 2 aromatic rings. The van der Waals surface area contributed by atoms with Crippen LogP contribution in [-0.4, -0.2) is 14.7 Å². The van der Waals surface area contributed by atoms with Gasteiger partial charge in [0.25, 0.3) is 0 Å². The van der Waals surface area contributed by atoms with Crippen molar-refractivity contribution < 1.29 is 21.9 Å². The molecule has 0 aromatic heterocycles. The molecule has 0 aliphatic carbocycles. The number of hydrogen-bond acceptors (Lipinski definition) is 3. The molecule has 0 aliphatic rings. The van der Waals surface area contributed by atoms with E-state index >= 15 is 0 Å². The van der Waals surface area contributed by atoms with E-state index in [-0.39, 0.29) is 11.5 Å². The van der Waals surface area contributed by atoms with Crippen LogP contribution in [-0.2, 0) is 15.6 Å². The molecule has 0 amide bonds. The van der Waals surface area contributed by atoms with Gasteiger partial charge >= 0.3 is 0 Å². The van der Waals surface area contributed by atoms with Crippen LogP contribution in [0.4, 0.5) is 8.78 Å². The van der Waals surface area contributed by atoms with Crippen molar-refractivity contribution in [3.63, 3.8) is 0 Å². The Bertz CT molecular complexity index is 776. The highest BCUT2D eigenvalue weighted by Crippen LogP contribution is 2.32. The highest BCUT2D eigenvalue weighted by molar-refractivity contribution is 9.10. The quantitative estimate of drug-likeness (QED) is 0.807. The summed E-state index contributed by atoms with van der Waals surface area (Å²) < 4.78 is 54.6. The van der Waals surface area contributed by atoms with Gasteiger partial charge in [0.2, 0.25) is 0 Å². The predicted octanol–water partition coefficient (Wildman–Crippen LogP) is 4.06. The van der Waals surface area contributed by atoms with E-state index in [1.54, 1.807) is 12.1 Å². The van der Waals surface area contributed by atoms with Crippen molar-refractivity contribution in [2.75, 3.05) is 6.26 Å². The summed E-state index contributed by atoms with van der Waals surface area (Å²) in [5.74, 6) is -1.42. The Morgan fingerprint density at radius 2 is 1.76 bits per heavy atom. The molecule has 7 heteroatoms. The van der Waals surface area contributed by atoms with E-state index in [9.17, 15) is 17.2 Å². The van der Waals surface area contributed by atoms with E-state index in [0.717, 1.165) is 18.4 Å². The Balaban J connectivity index is 2.25. The van der Waals surface area contributed by atoms with Crippen molar-refractivity contribution in [3.8, 4) is 11.5 Å². The molecule has 0 saturated carbocycles. The van der Waals surface area contributed by atoms with Crippen LogP contribution in [0.25, 0.3) is 0 Å². The first-order valence-corrected chi connectivity index (χ1v) is 8.69. The molecule has 112 valence electrons. The van der Waals surface area contributed by atoms with Crippen molar-refractivity contribution in [2.45, 2.75) is 5.75 Å². The van der Waals surface area contributed by atoms with E-state index in [2.05, 4.69) is 15.9 Å². The maximum atomic E-state index is 13.5. The molecule has 0 heterocycles. The van der Waals surface area contributed by atoms with Crippen molar-refractivity contribution in [2.24, 2.45) is 0 Å². The lowest BCUT2D eigenvalue weighted by Gasteiger charge is -2.10. The van der Waals surface area contributed by atoms with Crippen LogP contribution in [0.15, 0.2) is 40.9 Å². The second-order valence-corrected chi connectivity index (χ2v) is 7.51. The summed E-state index contributed by atoms with van der Waals surface area (Å²) in [6.07, 6.45) is 1.14. The van der Waals surface area contributed by atoms with Gasteiger partial charge in [-0.3, -0.25) is 0 Å². The lowest BCUT2D eigenvalue weighted by atomic mass is 10.2. The minimum atomic E-state index is -3.14. The van der Waals surface area contributed by atoms with E-state index in [4.69, 9.17) is 4.74 Å². The second kappa shape index (κ2) is 6.11. The van der Waals surface area contributed by atoms with Gasteiger partial charge in [-0.05, 0) is 45.8 Å². The maximum Gasteiger partial charge on any atom is 0.168 e. The molecule has 0 spiro atoms. The Labute approximate surface area is 129 Å². The fourth-order valence-corrected chi connectivity index (χ4v) is 2.99. The lowest BCUT2D eigenvalue weighted by Crippen LogP contribution is -2.00. The number of benzene rings is 2. The summed E-state index contributed by atoms with van der Waals surface area (Å²) in [4.78, 5) is 0. The molecule has 21 heavy (non-hydrogen) atoms. The first kappa shape index (κ1) is 15.9. The molecule has 0 N–H and O–H groups in total. The van der Waals surface area contributed by atoms with Crippen molar-refractivity contribution >= 4 is 25.8 Å². The number of rotatable bonds is 4. The van der Waals surface area contributed by atoms with Gasteiger partial charge in [-0.15, -0.1) is 0 Å². The molecule has 0 aliphatic heterocycles. The molecule has 2 rings (SSSR count). The third-order valence-corrected chi connectivity index (χ3v) is 4.02. The van der Waals surface area contributed by atoms with Gasteiger partial charge in [-0.2, -0.15) is 0 Å². The Morgan fingerprint density at radius 3 is 2.33 bits per heavy atom. The number of hydrogen-bond donors (Lipinski definition) is 0. The summed E-state index contributed by atoms with van der Waals surface area (Å²) in [5, 5.41) is 0. The van der Waals surface area contributed by atoms with Gasteiger partial charge < -0.3 is 4.74 Å². The third-order valence-electron chi connectivity index (χ3n) is 2.54. The molecule has 0 saturated heterocycles. The Hall–Kier alpha value is -1.47. The second-order valence-electron chi connectivity index (χ2n) is 4.51. The highest BCUT2D eigenvalue weighted by atomic mass is 79.9. The van der Waals surface area contributed by atoms with Crippen LogP contribution in [0, 0.1) is 11.6 Å². The fourth-order valence-electron chi connectivity index (χ4n) is 1.70. The van der Waals surface area contributed by atoms with Crippen LogP contribution in [0.2, 0.25) is 0 Å². The molecule has 0 radical (unpaired) electrons. The van der Waals surface area contributed by atoms with Crippen molar-refractivity contribution in [1.82, 2.24) is 0 Å². The number of sulfone groups is 1. The van der Waals surface area contributed by atoms with Gasteiger partial charge in [0.05, 0.1) is 10.2 Å². The Morgan fingerprint density at radius 1 is 1.10 bits per heavy atom. The van der Waals surface area contributed by atoms with Crippen LogP contribution >= 0.6 is 15.9 Å². The predicted molar refractivity (Wildman–Crippen MR) is 79.1 cm³/mol. The minimum absolute atomic E-state index is 0.100. The normalized spacial score (nSPS) is 11.4. The van der Waals surface area contributed by atoms with Crippen LogP contribution in [0.5, 0.6) is 11.5 Å².